The lowest BCUT2D eigenvalue weighted by Crippen LogP contribution is -2.34. The van der Waals surface area contributed by atoms with E-state index in [2.05, 4.69) is 32.0 Å². The molecule has 0 N–H and O–H groups in total. The van der Waals surface area contributed by atoms with Crippen molar-refractivity contribution in [1.29, 1.82) is 0 Å². The van der Waals surface area contributed by atoms with Gasteiger partial charge in [0.2, 0.25) is 0 Å². The van der Waals surface area contributed by atoms with Crippen LogP contribution < -0.4 is 4.74 Å². The van der Waals surface area contributed by atoms with E-state index in [0.29, 0.717) is 11.3 Å². The van der Waals surface area contributed by atoms with Gasteiger partial charge in [-0.2, -0.15) is 13.2 Å². The largest absolute Gasteiger partial charge is 0.456 e. The van der Waals surface area contributed by atoms with E-state index in [-0.39, 0.29) is 12.3 Å². The zero-order valence-electron chi connectivity index (χ0n) is 20.6. The topological polar surface area (TPSA) is 22.1 Å². The van der Waals surface area contributed by atoms with Gasteiger partial charge in [-0.25, -0.2) is 0 Å². The van der Waals surface area contributed by atoms with Gasteiger partial charge in [-0.3, -0.25) is 4.98 Å². The molecule has 6 rings (SSSR count). The van der Waals surface area contributed by atoms with E-state index >= 15 is 0 Å². The van der Waals surface area contributed by atoms with Crippen molar-refractivity contribution in [2.24, 2.45) is 5.41 Å². The number of rotatable bonds is 3. The highest BCUT2D eigenvalue weighted by Crippen LogP contribution is 2.52. The summed E-state index contributed by atoms with van der Waals surface area (Å²) in [5.41, 5.74) is 1.81. The highest BCUT2D eigenvalue weighted by molar-refractivity contribution is 6.16. The molecule has 1 aliphatic heterocycles. The van der Waals surface area contributed by atoms with E-state index in [4.69, 9.17) is 9.72 Å². The van der Waals surface area contributed by atoms with Crippen LogP contribution in [0.2, 0.25) is 0 Å². The van der Waals surface area contributed by atoms with Crippen LogP contribution in [0, 0.1) is 5.41 Å². The summed E-state index contributed by atoms with van der Waals surface area (Å²) in [6.07, 6.45) is -2.56. The normalized spacial score (nSPS) is 13.4. The minimum absolute atomic E-state index is 0.0887. The maximum absolute atomic E-state index is 13.5. The van der Waals surface area contributed by atoms with Crippen LogP contribution in [0.3, 0.4) is 0 Å². The first-order valence-electron chi connectivity index (χ1n) is 12.2. The highest BCUT2D eigenvalue weighted by Gasteiger charge is 2.47. The van der Waals surface area contributed by atoms with E-state index in [0.717, 1.165) is 54.9 Å². The molecular weight excluding hydrogens is 459 g/mol. The number of hydrogen-bond acceptors (Lipinski definition) is 2. The lowest BCUT2D eigenvalue weighted by atomic mass is 9.84. The second kappa shape index (κ2) is 7.70. The fourth-order valence-corrected chi connectivity index (χ4v) is 5.46. The predicted molar refractivity (Wildman–Crippen MR) is 140 cm³/mol. The second-order valence-corrected chi connectivity index (χ2v) is 10.7. The van der Waals surface area contributed by atoms with Crippen molar-refractivity contribution >= 4 is 32.3 Å². The summed E-state index contributed by atoms with van der Waals surface area (Å²) in [4.78, 5) is 4.78. The Kier molecular flexibility index (Phi) is 4.88. The number of hydrogen-bond donors (Lipinski definition) is 0. The lowest BCUT2D eigenvalue weighted by molar-refractivity contribution is -0.211. The van der Waals surface area contributed by atoms with Crippen molar-refractivity contribution in [3.8, 4) is 22.8 Å². The van der Waals surface area contributed by atoms with E-state index in [1.54, 1.807) is 12.3 Å². The molecule has 0 atom stereocenters. The Morgan fingerprint density at radius 2 is 1.64 bits per heavy atom. The molecule has 1 aliphatic rings. The SMILES string of the molecule is CC(C)c1c2c(cc3ccccc13)-c1nccc3c1c(cc1cc(CC(C)(C)C(F)(F)F)ccc13)O2. The number of aromatic nitrogens is 1. The Balaban J connectivity index is 1.60. The molecule has 0 saturated carbocycles. The Labute approximate surface area is 207 Å². The first kappa shape index (κ1) is 22.8. The Bertz CT molecular complexity index is 1680. The summed E-state index contributed by atoms with van der Waals surface area (Å²) in [6.45, 7) is 6.81. The summed E-state index contributed by atoms with van der Waals surface area (Å²) in [6, 6.07) is 20.0. The number of alkyl halides is 3. The average Bonchev–Trinajstić information content (AvgIpc) is 2.81. The summed E-state index contributed by atoms with van der Waals surface area (Å²) >= 11 is 0. The number of fused-ring (bicyclic) bond motifs is 5. The fraction of sp³-hybridized carbons (Fsp3) is 0.258. The first-order chi connectivity index (χ1) is 17.0. The molecule has 2 heterocycles. The van der Waals surface area contributed by atoms with Crippen molar-refractivity contribution in [2.45, 2.75) is 46.2 Å². The van der Waals surface area contributed by atoms with Gasteiger partial charge < -0.3 is 4.74 Å². The van der Waals surface area contributed by atoms with Crippen molar-refractivity contribution < 1.29 is 17.9 Å². The van der Waals surface area contributed by atoms with Crippen LogP contribution in [0.15, 0.2) is 66.9 Å². The van der Waals surface area contributed by atoms with Crippen molar-refractivity contribution in [1.82, 2.24) is 4.98 Å². The van der Waals surface area contributed by atoms with Crippen LogP contribution in [-0.4, -0.2) is 11.2 Å². The molecule has 0 aliphatic carbocycles. The number of ether oxygens (including phenoxy) is 1. The molecule has 0 fully saturated rings. The zero-order valence-corrected chi connectivity index (χ0v) is 20.6. The first-order valence-corrected chi connectivity index (χ1v) is 12.2. The Morgan fingerprint density at radius 1 is 0.861 bits per heavy atom. The van der Waals surface area contributed by atoms with Gasteiger partial charge in [-0.05, 0) is 63.0 Å². The van der Waals surface area contributed by atoms with Crippen LogP contribution in [0.5, 0.6) is 11.5 Å². The molecule has 0 radical (unpaired) electrons. The van der Waals surface area contributed by atoms with Gasteiger partial charge in [0.15, 0.2) is 0 Å². The maximum atomic E-state index is 13.5. The molecule has 0 bridgehead atoms. The summed E-state index contributed by atoms with van der Waals surface area (Å²) in [5.74, 6) is 1.73. The van der Waals surface area contributed by atoms with Crippen LogP contribution in [0.25, 0.3) is 43.6 Å². The molecule has 36 heavy (non-hydrogen) atoms. The quantitative estimate of drug-likeness (QED) is 0.233. The average molecular weight is 486 g/mol. The molecule has 5 heteroatoms. The maximum Gasteiger partial charge on any atom is 0.394 e. The second-order valence-electron chi connectivity index (χ2n) is 10.7. The fourth-order valence-electron chi connectivity index (χ4n) is 5.46. The Hall–Kier alpha value is -3.60. The predicted octanol–water partition coefficient (Wildman–Crippen LogP) is 9.57. The number of halogens is 3. The van der Waals surface area contributed by atoms with E-state index in [9.17, 15) is 13.2 Å². The lowest BCUT2D eigenvalue weighted by Gasteiger charge is -2.28. The van der Waals surface area contributed by atoms with Crippen LogP contribution in [0.4, 0.5) is 13.2 Å². The molecule has 0 saturated heterocycles. The molecule has 2 nitrogen and oxygen atoms in total. The van der Waals surface area contributed by atoms with Gasteiger partial charge in [0, 0.05) is 17.3 Å². The zero-order chi connectivity index (χ0) is 25.4. The molecule has 5 aromatic rings. The van der Waals surface area contributed by atoms with Crippen molar-refractivity contribution in [2.75, 3.05) is 0 Å². The number of nitrogens with zero attached hydrogens (tertiary/aromatic N) is 1. The van der Waals surface area contributed by atoms with E-state index < -0.39 is 11.6 Å². The standard InChI is InChI=1S/C31H26F3NO/c1-17(2)26-22-8-6-5-7-19(22)14-24-28-27-23(11-12-35-28)21-10-9-18(16-30(3,4)31(32,33)34)13-20(21)15-25(27)36-29(24)26/h5-15,17H,16H2,1-4H3. The van der Waals surface area contributed by atoms with Crippen LogP contribution in [0.1, 0.15) is 44.7 Å². The number of pyridine rings is 1. The third-order valence-corrected chi connectivity index (χ3v) is 7.39. The summed E-state index contributed by atoms with van der Waals surface area (Å²) in [5, 5.41) is 6.05. The van der Waals surface area contributed by atoms with E-state index in [1.807, 2.05) is 36.4 Å². The minimum Gasteiger partial charge on any atom is -0.456 e. The third kappa shape index (κ3) is 3.36. The molecule has 0 amide bonds. The minimum atomic E-state index is -4.28. The van der Waals surface area contributed by atoms with Crippen molar-refractivity contribution in [3.63, 3.8) is 0 Å². The number of benzene rings is 4. The molecule has 1 aromatic heterocycles. The molecular formula is C31H26F3NO. The van der Waals surface area contributed by atoms with Crippen molar-refractivity contribution in [3.05, 3.63) is 78.0 Å². The summed E-state index contributed by atoms with van der Waals surface area (Å²) < 4.78 is 47.3. The molecule has 4 aromatic carbocycles. The smallest absolute Gasteiger partial charge is 0.394 e. The monoisotopic (exact) mass is 485 g/mol. The van der Waals surface area contributed by atoms with Gasteiger partial charge in [0.25, 0.3) is 0 Å². The summed E-state index contributed by atoms with van der Waals surface area (Å²) in [7, 11) is 0. The van der Waals surface area contributed by atoms with Gasteiger partial charge >= 0.3 is 6.18 Å². The highest BCUT2D eigenvalue weighted by atomic mass is 19.4. The molecule has 0 spiro atoms. The van der Waals surface area contributed by atoms with Crippen LogP contribution >= 0.6 is 0 Å². The van der Waals surface area contributed by atoms with E-state index in [1.165, 1.54) is 13.8 Å². The van der Waals surface area contributed by atoms with Gasteiger partial charge in [-0.1, -0.05) is 70.2 Å². The third-order valence-electron chi connectivity index (χ3n) is 7.39. The van der Waals surface area contributed by atoms with Gasteiger partial charge in [-0.15, -0.1) is 0 Å². The van der Waals surface area contributed by atoms with Gasteiger partial charge in [0.05, 0.1) is 16.5 Å². The Morgan fingerprint density at radius 3 is 2.39 bits per heavy atom. The molecule has 182 valence electrons. The molecule has 0 unspecified atom stereocenters. The van der Waals surface area contributed by atoms with Crippen LogP contribution in [-0.2, 0) is 6.42 Å². The van der Waals surface area contributed by atoms with Gasteiger partial charge in [0.1, 0.15) is 11.5 Å².